The summed E-state index contributed by atoms with van der Waals surface area (Å²) in [6.07, 6.45) is 3.05. The first-order valence-electron chi connectivity index (χ1n) is 7.69. The number of carbonyl (C=O) groups is 2. The molecule has 1 rings (SSSR count). The first-order valence-corrected chi connectivity index (χ1v) is 7.69. The quantitative estimate of drug-likeness (QED) is 0.573. The fraction of sp³-hybridized carbons (Fsp3) is 0.529. The largest absolute Gasteiger partial charge is 0.355 e. The Kier molecular flexibility index (Phi) is 7.02. The third-order valence-electron chi connectivity index (χ3n) is 3.57. The summed E-state index contributed by atoms with van der Waals surface area (Å²) in [4.78, 5) is 24.3. The van der Waals surface area contributed by atoms with Crippen LogP contribution >= 0.6 is 0 Å². The molecule has 2 N–H and O–H groups in total. The number of rotatable bonds is 8. The third kappa shape index (κ3) is 5.47. The molecule has 0 aromatic heterocycles. The second kappa shape index (κ2) is 8.51. The number of carbonyl (C=O) groups excluding carboxylic acids is 2. The second-order valence-corrected chi connectivity index (χ2v) is 5.90. The predicted octanol–water partition coefficient (Wildman–Crippen LogP) is 2.77. The van der Waals surface area contributed by atoms with E-state index in [9.17, 15) is 14.0 Å². The van der Waals surface area contributed by atoms with E-state index in [0.717, 1.165) is 24.8 Å². The highest BCUT2D eigenvalue weighted by atomic mass is 19.1. The van der Waals surface area contributed by atoms with Crippen molar-refractivity contribution in [2.45, 2.75) is 46.6 Å². The van der Waals surface area contributed by atoms with E-state index < -0.39 is 5.41 Å². The lowest BCUT2D eigenvalue weighted by molar-refractivity contribution is -0.141. The minimum absolute atomic E-state index is 0.270. The summed E-state index contributed by atoms with van der Waals surface area (Å²) < 4.78 is 12.8. The summed E-state index contributed by atoms with van der Waals surface area (Å²) in [6.45, 7) is 6.14. The van der Waals surface area contributed by atoms with E-state index in [1.807, 2.05) is 0 Å². The Balaban J connectivity index is 2.47. The number of unbranched alkanes of at least 4 members (excludes halogenated alkanes) is 2. The third-order valence-corrected chi connectivity index (χ3v) is 3.57. The van der Waals surface area contributed by atoms with Gasteiger partial charge in [-0.1, -0.05) is 31.9 Å². The smallest absolute Gasteiger partial charge is 0.235 e. The van der Waals surface area contributed by atoms with Crippen molar-refractivity contribution >= 4 is 11.8 Å². The van der Waals surface area contributed by atoms with Gasteiger partial charge in [0.25, 0.3) is 0 Å². The van der Waals surface area contributed by atoms with Crippen LogP contribution in [0.4, 0.5) is 4.39 Å². The van der Waals surface area contributed by atoms with Gasteiger partial charge in [0.05, 0.1) is 0 Å². The maximum absolute atomic E-state index is 12.8. The van der Waals surface area contributed by atoms with Crippen LogP contribution < -0.4 is 10.6 Å². The van der Waals surface area contributed by atoms with Gasteiger partial charge in [-0.05, 0) is 38.0 Å². The van der Waals surface area contributed by atoms with Crippen LogP contribution in [0.25, 0.3) is 0 Å². The van der Waals surface area contributed by atoms with Gasteiger partial charge >= 0.3 is 0 Å². The zero-order valence-corrected chi connectivity index (χ0v) is 13.5. The summed E-state index contributed by atoms with van der Waals surface area (Å²) in [5.41, 5.74) is -0.347. The molecule has 0 aliphatic heterocycles. The zero-order chi connectivity index (χ0) is 16.6. The average Bonchev–Trinajstić information content (AvgIpc) is 2.50. The number of hydrogen-bond acceptors (Lipinski definition) is 2. The Bertz CT molecular complexity index is 498. The molecule has 0 radical (unpaired) electrons. The van der Waals surface area contributed by atoms with Crippen LogP contribution in [-0.2, 0) is 16.1 Å². The summed E-state index contributed by atoms with van der Waals surface area (Å²) in [5, 5.41) is 5.51. The summed E-state index contributed by atoms with van der Waals surface area (Å²) in [7, 11) is 0. The Morgan fingerprint density at radius 2 is 1.64 bits per heavy atom. The van der Waals surface area contributed by atoms with Gasteiger partial charge in [0.15, 0.2) is 0 Å². The molecule has 0 aliphatic carbocycles. The van der Waals surface area contributed by atoms with Crippen molar-refractivity contribution in [2.24, 2.45) is 5.41 Å². The minimum atomic E-state index is -1.13. The molecule has 2 amide bonds. The van der Waals surface area contributed by atoms with Crippen LogP contribution in [0.1, 0.15) is 45.6 Å². The highest BCUT2D eigenvalue weighted by Gasteiger charge is 2.35. The molecule has 0 atom stereocenters. The van der Waals surface area contributed by atoms with Crippen molar-refractivity contribution in [3.05, 3.63) is 35.6 Å². The van der Waals surface area contributed by atoms with Gasteiger partial charge in [0.2, 0.25) is 11.8 Å². The van der Waals surface area contributed by atoms with Crippen molar-refractivity contribution < 1.29 is 14.0 Å². The van der Waals surface area contributed by atoms with Gasteiger partial charge in [-0.2, -0.15) is 0 Å². The van der Waals surface area contributed by atoms with Crippen molar-refractivity contribution in [3.63, 3.8) is 0 Å². The number of halogens is 1. The van der Waals surface area contributed by atoms with E-state index in [2.05, 4.69) is 17.6 Å². The Labute approximate surface area is 131 Å². The van der Waals surface area contributed by atoms with Gasteiger partial charge in [-0.15, -0.1) is 0 Å². The van der Waals surface area contributed by atoms with Crippen LogP contribution in [0, 0.1) is 11.2 Å². The van der Waals surface area contributed by atoms with Gasteiger partial charge in [0, 0.05) is 13.1 Å². The molecule has 1 aromatic carbocycles. The molecule has 0 aliphatic rings. The lowest BCUT2D eigenvalue weighted by atomic mass is 9.91. The molecule has 5 heteroatoms. The SMILES string of the molecule is CCCCCNC(=O)C(C)(C)C(=O)NCc1ccc(F)cc1. The van der Waals surface area contributed by atoms with E-state index in [0.29, 0.717) is 6.54 Å². The van der Waals surface area contributed by atoms with Gasteiger partial charge in [-0.25, -0.2) is 4.39 Å². The van der Waals surface area contributed by atoms with E-state index in [1.54, 1.807) is 26.0 Å². The Hall–Kier alpha value is -1.91. The Morgan fingerprint density at radius 1 is 1.05 bits per heavy atom. The molecule has 0 fully saturated rings. The molecule has 122 valence electrons. The standard InChI is InChI=1S/C17H25FN2O2/c1-4-5-6-11-19-15(21)17(2,3)16(22)20-12-13-7-9-14(18)10-8-13/h7-10H,4-6,11-12H2,1-3H3,(H,19,21)(H,20,22). The molecule has 0 bridgehead atoms. The minimum Gasteiger partial charge on any atom is -0.355 e. The molecule has 0 unspecified atom stereocenters. The van der Waals surface area contributed by atoms with Gasteiger partial charge < -0.3 is 10.6 Å². The van der Waals surface area contributed by atoms with Crippen molar-refractivity contribution in [1.29, 1.82) is 0 Å². The second-order valence-electron chi connectivity index (χ2n) is 5.90. The molecule has 0 spiro atoms. The Morgan fingerprint density at radius 3 is 2.23 bits per heavy atom. The highest BCUT2D eigenvalue weighted by Crippen LogP contribution is 2.16. The van der Waals surface area contributed by atoms with E-state index in [4.69, 9.17) is 0 Å². The summed E-state index contributed by atoms with van der Waals surface area (Å²) >= 11 is 0. The van der Waals surface area contributed by atoms with Crippen LogP contribution in [-0.4, -0.2) is 18.4 Å². The van der Waals surface area contributed by atoms with Crippen molar-refractivity contribution in [3.8, 4) is 0 Å². The van der Waals surface area contributed by atoms with Crippen molar-refractivity contribution in [1.82, 2.24) is 10.6 Å². The molecular weight excluding hydrogens is 283 g/mol. The number of nitrogens with one attached hydrogen (secondary N) is 2. The first-order chi connectivity index (χ1) is 10.4. The van der Waals surface area contributed by atoms with Gasteiger partial charge in [0.1, 0.15) is 11.2 Å². The highest BCUT2D eigenvalue weighted by molar-refractivity contribution is 6.04. The number of benzene rings is 1. The normalized spacial score (nSPS) is 11.1. The van der Waals surface area contributed by atoms with E-state index >= 15 is 0 Å². The number of amides is 2. The molecule has 4 nitrogen and oxygen atoms in total. The fourth-order valence-electron chi connectivity index (χ4n) is 1.91. The summed E-state index contributed by atoms with van der Waals surface area (Å²) in [6, 6.07) is 5.89. The van der Waals surface area contributed by atoms with Crippen LogP contribution in [0.2, 0.25) is 0 Å². The van der Waals surface area contributed by atoms with E-state index in [-0.39, 0.29) is 24.2 Å². The van der Waals surface area contributed by atoms with Gasteiger partial charge in [-0.3, -0.25) is 9.59 Å². The van der Waals surface area contributed by atoms with Crippen LogP contribution in [0.5, 0.6) is 0 Å². The summed E-state index contributed by atoms with van der Waals surface area (Å²) in [5.74, 6) is -0.938. The monoisotopic (exact) mass is 308 g/mol. The van der Waals surface area contributed by atoms with Crippen LogP contribution in [0.3, 0.4) is 0 Å². The molecule has 0 saturated carbocycles. The van der Waals surface area contributed by atoms with Crippen LogP contribution in [0.15, 0.2) is 24.3 Å². The molecule has 1 aromatic rings. The predicted molar refractivity (Wildman–Crippen MR) is 84.6 cm³/mol. The first kappa shape index (κ1) is 18.1. The maximum Gasteiger partial charge on any atom is 0.235 e. The fourth-order valence-corrected chi connectivity index (χ4v) is 1.91. The average molecular weight is 308 g/mol. The van der Waals surface area contributed by atoms with Crippen molar-refractivity contribution in [2.75, 3.05) is 6.54 Å². The molecule has 0 heterocycles. The zero-order valence-electron chi connectivity index (χ0n) is 13.5. The lowest BCUT2D eigenvalue weighted by Gasteiger charge is -2.22. The number of hydrogen-bond donors (Lipinski definition) is 2. The van der Waals surface area contributed by atoms with E-state index in [1.165, 1.54) is 12.1 Å². The topological polar surface area (TPSA) is 58.2 Å². The molecule has 22 heavy (non-hydrogen) atoms. The maximum atomic E-state index is 12.8. The molecular formula is C17H25FN2O2. The molecule has 0 saturated heterocycles. The lowest BCUT2D eigenvalue weighted by Crippen LogP contribution is -2.47.